The predicted molar refractivity (Wildman–Crippen MR) is 17.4 cm³/mol. The van der Waals surface area contributed by atoms with E-state index in [0.29, 0.717) is 0 Å². The molecule has 1 atom stereocenters. The molecule has 0 saturated carbocycles. The number of hydrogen-bond acceptors (Lipinski definition) is 5. The van der Waals surface area contributed by atoms with E-state index < -0.39 is 16.5 Å². The molecule has 0 spiro atoms. The van der Waals surface area contributed by atoms with E-state index in [1.165, 1.54) is 0 Å². The summed E-state index contributed by atoms with van der Waals surface area (Å²) in [4.78, 5) is 32.6. The van der Waals surface area contributed by atoms with E-state index in [0.717, 1.165) is 0 Å². The summed E-state index contributed by atoms with van der Waals surface area (Å²) in [6.45, 7) is 0. The zero-order valence-corrected chi connectivity index (χ0v) is 14.2. The fourth-order valence-electron chi connectivity index (χ4n) is 0. The van der Waals surface area contributed by atoms with Crippen molar-refractivity contribution < 1.29 is 117 Å². The van der Waals surface area contributed by atoms with Gasteiger partial charge in [-0.1, -0.05) is 4.57 Å². The Balaban J connectivity index is -0.0000000171. The number of rotatable bonds is 0. The smallest absolute Gasteiger partial charge is 0.598 e. The maximum Gasteiger partial charge on any atom is 1.00 e. The van der Waals surface area contributed by atoms with Gasteiger partial charge in [-0.05, 0) is 4.57 Å². The Labute approximate surface area is 132 Å². The summed E-state index contributed by atoms with van der Waals surface area (Å²) in [5, 5.41) is 0. The Bertz CT molecular complexity index is 73.8. The van der Waals surface area contributed by atoms with Crippen molar-refractivity contribution in [3.05, 3.63) is 0 Å². The van der Waals surface area contributed by atoms with Crippen molar-refractivity contribution in [2.45, 2.75) is 0 Å². The summed E-state index contributed by atoms with van der Waals surface area (Å²) in [5.74, 6) is 0. The van der Waals surface area contributed by atoms with Gasteiger partial charge in [-0.2, -0.15) is 4.89 Å². The molecule has 0 aliphatic heterocycles. The molecule has 1 N–H and O–H groups in total. The van der Waals surface area contributed by atoms with Gasteiger partial charge in [-0.3, -0.25) is 0 Å². The van der Waals surface area contributed by atoms with Gasteiger partial charge in [0.05, 0.1) is 0 Å². The molecule has 0 saturated heterocycles. The zero-order valence-electron chi connectivity index (χ0n) is 6.38. The van der Waals surface area contributed by atoms with Crippen LogP contribution in [0.4, 0.5) is 0 Å². The molecule has 0 radical (unpaired) electrons. The van der Waals surface area contributed by atoms with Crippen molar-refractivity contribution in [3.8, 4) is 0 Å². The summed E-state index contributed by atoms with van der Waals surface area (Å²) in [7, 11) is -6.49. The third kappa shape index (κ3) is 172. The first-order valence-electron chi connectivity index (χ1n) is 1.11. The van der Waals surface area contributed by atoms with Crippen LogP contribution in [0.1, 0.15) is 0 Å². The molecule has 6 nitrogen and oxygen atoms in total. The van der Waals surface area contributed by atoms with Crippen molar-refractivity contribution in [2.24, 2.45) is 0 Å². The molecule has 0 aromatic heterocycles. The summed E-state index contributed by atoms with van der Waals surface area (Å²) in [5.41, 5.74) is 0. The Hall–Kier alpha value is 3.04. The van der Waals surface area contributed by atoms with E-state index in [2.05, 4.69) is 0 Å². The minimum Gasteiger partial charge on any atom is -0.598 e. The van der Waals surface area contributed by atoms with E-state index in [9.17, 15) is 0 Å². The van der Waals surface area contributed by atoms with E-state index >= 15 is 0 Å². The summed E-state index contributed by atoms with van der Waals surface area (Å²) < 4.78 is 17.1. The van der Waals surface area contributed by atoms with Gasteiger partial charge in [-0.25, -0.2) is 0 Å². The molecule has 48 valence electrons. The predicted octanol–water partition coefficient (Wildman–Crippen LogP) is -11.6. The van der Waals surface area contributed by atoms with Gasteiger partial charge in [0.2, 0.25) is 0 Å². The molecule has 0 aromatic rings. The van der Waals surface area contributed by atoms with E-state index in [1.807, 2.05) is 0 Å². The van der Waals surface area contributed by atoms with Gasteiger partial charge in [-0.15, -0.1) is 0 Å². The van der Waals surface area contributed by atoms with Crippen LogP contribution >= 0.6 is 16.5 Å². The van der Waals surface area contributed by atoms with E-state index in [-0.39, 0.29) is 88.7 Å². The second-order valence-electron chi connectivity index (χ2n) is 0.461. The average molecular weight is 228 g/mol. The molecule has 11 heteroatoms. The van der Waals surface area contributed by atoms with E-state index in [1.54, 1.807) is 0 Å². The van der Waals surface area contributed by atoms with Gasteiger partial charge in [0, 0.05) is 0 Å². The SMILES string of the molecule is O=[P+]([O-])O.O=[P+]([O-])[O-].[Na+].[Na+].[Na+]. The molecule has 0 aliphatic carbocycles. The third-order valence-corrected chi connectivity index (χ3v) is 0. The van der Waals surface area contributed by atoms with Gasteiger partial charge in [0.25, 0.3) is 8.25 Å². The van der Waals surface area contributed by atoms with Crippen LogP contribution in [0.25, 0.3) is 0 Å². The average Bonchev–Trinajstić information content (AvgIpc) is 1.25. The molecule has 0 aliphatic rings. The Kier molecular flexibility index (Phi) is 61.4. The van der Waals surface area contributed by atoms with Crippen LogP contribution in [-0.2, 0) is 9.13 Å². The van der Waals surface area contributed by atoms with E-state index in [4.69, 9.17) is 28.7 Å². The van der Waals surface area contributed by atoms with Crippen molar-refractivity contribution >= 4 is 16.5 Å². The first kappa shape index (κ1) is 29.2. The second kappa shape index (κ2) is 23.1. The van der Waals surface area contributed by atoms with Crippen LogP contribution in [-0.4, -0.2) is 4.89 Å². The summed E-state index contributed by atoms with van der Waals surface area (Å²) >= 11 is 0. The van der Waals surface area contributed by atoms with Crippen molar-refractivity contribution in [1.82, 2.24) is 0 Å². The Morgan fingerprint density at radius 2 is 0.909 bits per heavy atom. The largest absolute Gasteiger partial charge is 1.00 e. The molecule has 0 heterocycles. The standard InChI is InChI=1S/3Na.2HO3P/c;;;2*1-4(2)3/h;;;2*(H,1,2,3)/q3*+1;;/p-1. The fraction of sp³-hybridized carbons (Fsp3) is 0. The first-order chi connectivity index (χ1) is 3.46. The Morgan fingerprint density at radius 3 is 0.909 bits per heavy atom. The minimum absolute atomic E-state index is 0. The van der Waals surface area contributed by atoms with Crippen LogP contribution in [0.2, 0.25) is 0 Å². The molecule has 0 aromatic carbocycles. The monoisotopic (exact) mass is 228 g/mol. The van der Waals surface area contributed by atoms with Crippen LogP contribution in [0.5, 0.6) is 0 Å². The maximum absolute atomic E-state index is 8.59. The van der Waals surface area contributed by atoms with Crippen LogP contribution in [0, 0.1) is 0 Å². The van der Waals surface area contributed by atoms with Gasteiger partial charge in [0.1, 0.15) is 0 Å². The normalized spacial score (nSPS) is 6.36. The number of hydrogen-bond donors (Lipinski definition) is 1. The molecule has 0 fully saturated rings. The first-order valence-corrected chi connectivity index (χ1v) is 3.34. The zero-order chi connectivity index (χ0) is 7.15. The summed E-state index contributed by atoms with van der Waals surface area (Å²) in [6.07, 6.45) is 0. The minimum atomic E-state index is -3.37. The molecular formula is HNa3O6P2+2. The van der Waals surface area contributed by atoms with Crippen LogP contribution < -0.4 is 103 Å². The van der Waals surface area contributed by atoms with Gasteiger partial charge in [0.15, 0.2) is 0 Å². The maximum atomic E-state index is 8.59. The fourth-order valence-corrected chi connectivity index (χ4v) is 0. The van der Waals surface area contributed by atoms with Crippen molar-refractivity contribution in [2.75, 3.05) is 0 Å². The molecule has 0 rings (SSSR count). The van der Waals surface area contributed by atoms with Crippen LogP contribution in [0.15, 0.2) is 0 Å². The molecule has 11 heavy (non-hydrogen) atoms. The Morgan fingerprint density at radius 1 is 0.909 bits per heavy atom. The quantitative estimate of drug-likeness (QED) is 0.324. The van der Waals surface area contributed by atoms with Crippen LogP contribution in [0.3, 0.4) is 0 Å². The molecular weight excluding hydrogens is 227 g/mol. The second-order valence-corrected chi connectivity index (χ2v) is 1.38. The summed E-state index contributed by atoms with van der Waals surface area (Å²) in [6, 6.07) is 0. The van der Waals surface area contributed by atoms with Gasteiger partial charge < -0.3 is 14.7 Å². The topological polar surface area (TPSA) is 124 Å². The third-order valence-electron chi connectivity index (χ3n) is 0. The van der Waals surface area contributed by atoms with Crippen molar-refractivity contribution in [1.29, 1.82) is 0 Å². The molecule has 0 amide bonds. The molecule has 0 bridgehead atoms. The van der Waals surface area contributed by atoms with Crippen molar-refractivity contribution in [3.63, 3.8) is 0 Å². The molecule has 1 unspecified atom stereocenters. The van der Waals surface area contributed by atoms with Gasteiger partial charge >= 0.3 is 96.9 Å².